The molecule has 2 heteroatoms. The van der Waals surface area contributed by atoms with Crippen molar-refractivity contribution >= 4 is 11.5 Å². The molecule has 0 aliphatic heterocycles. The molecule has 0 aromatic heterocycles. The molecule has 0 atom stereocenters. The zero-order valence-electron chi connectivity index (χ0n) is 20.7. The van der Waals surface area contributed by atoms with Gasteiger partial charge in [0.05, 0.1) is 6.61 Å². The molecule has 1 aromatic rings. The molecule has 0 fully saturated rings. The highest BCUT2D eigenvalue weighted by Gasteiger charge is 2.37. The van der Waals surface area contributed by atoms with E-state index in [-0.39, 0.29) is 16.8 Å². The highest BCUT2D eigenvalue weighted by atomic mass is 16.5. The number of benzene rings is 1. The van der Waals surface area contributed by atoms with Crippen molar-refractivity contribution in [1.29, 1.82) is 0 Å². The summed E-state index contributed by atoms with van der Waals surface area (Å²) in [5.74, 6) is -0.266. The molecule has 2 nitrogen and oxygen atoms in total. The summed E-state index contributed by atoms with van der Waals surface area (Å²) in [6, 6.07) is 4.99. The van der Waals surface area contributed by atoms with Crippen LogP contribution in [0.15, 0.2) is 41.5 Å². The summed E-state index contributed by atoms with van der Waals surface area (Å²) >= 11 is 0. The maximum Gasteiger partial charge on any atom is 0.330 e. The van der Waals surface area contributed by atoms with E-state index in [1.807, 2.05) is 13.8 Å². The Balaban J connectivity index is 2.04. The second-order valence-corrected chi connectivity index (χ2v) is 10.7. The third kappa shape index (κ3) is 5.22. The normalized spacial score (nSPS) is 20.7. The monoisotopic (exact) mass is 420 g/mol. The third-order valence-electron chi connectivity index (χ3n) is 7.21. The maximum atomic E-state index is 11.7. The van der Waals surface area contributed by atoms with E-state index in [9.17, 15) is 4.79 Å². The molecule has 0 amide bonds. The van der Waals surface area contributed by atoms with Gasteiger partial charge in [-0.2, -0.15) is 0 Å². The Morgan fingerprint density at radius 2 is 1.65 bits per heavy atom. The molecule has 0 saturated carbocycles. The van der Waals surface area contributed by atoms with Crippen LogP contribution in [-0.2, 0) is 20.4 Å². The molecule has 1 aromatic carbocycles. The molecule has 2 aliphatic rings. The van der Waals surface area contributed by atoms with Gasteiger partial charge < -0.3 is 4.74 Å². The van der Waals surface area contributed by atoms with E-state index in [0.29, 0.717) is 6.61 Å². The van der Waals surface area contributed by atoms with Crippen LogP contribution in [0.5, 0.6) is 0 Å². The van der Waals surface area contributed by atoms with Gasteiger partial charge in [-0.05, 0) is 109 Å². The van der Waals surface area contributed by atoms with Crippen molar-refractivity contribution in [2.45, 2.75) is 97.8 Å². The Kier molecular flexibility index (Phi) is 6.98. The lowest BCUT2D eigenvalue weighted by molar-refractivity contribution is -0.137. The first kappa shape index (κ1) is 23.6. The molecule has 3 rings (SSSR count). The lowest BCUT2D eigenvalue weighted by Crippen LogP contribution is -2.34. The van der Waals surface area contributed by atoms with Gasteiger partial charge in [-0.15, -0.1) is 0 Å². The second kappa shape index (κ2) is 9.18. The fraction of sp³-hybridized carbons (Fsp3) is 0.552. The number of ether oxygens (including phenoxy) is 1. The number of allylic oxidation sites excluding steroid dienone is 5. The zero-order chi connectivity index (χ0) is 22.8. The summed E-state index contributed by atoms with van der Waals surface area (Å²) in [5, 5.41) is 0. The molecule has 0 N–H and O–H groups in total. The molecule has 0 bridgehead atoms. The van der Waals surface area contributed by atoms with Gasteiger partial charge in [0.15, 0.2) is 0 Å². The molecule has 168 valence electrons. The highest BCUT2D eigenvalue weighted by Crippen LogP contribution is 2.48. The minimum Gasteiger partial charge on any atom is -0.463 e. The van der Waals surface area contributed by atoms with Crippen LogP contribution in [0.3, 0.4) is 0 Å². The second-order valence-electron chi connectivity index (χ2n) is 10.7. The molecule has 31 heavy (non-hydrogen) atoms. The number of rotatable bonds is 5. The van der Waals surface area contributed by atoms with Crippen molar-refractivity contribution in [3.05, 3.63) is 63.8 Å². The van der Waals surface area contributed by atoms with Gasteiger partial charge in [-0.25, -0.2) is 4.79 Å². The van der Waals surface area contributed by atoms with E-state index in [0.717, 1.165) is 18.4 Å². The maximum absolute atomic E-state index is 11.7. The molecule has 0 saturated heterocycles. The van der Waals surface area contributed by atoms with Crippen LogP contribution in [0.1, 0.15) is 102 Å². The van der Waals surface area contributed by atoms with Gasteiger partial charge in [-0.1, -0.05) is 52.0 Å². The first-order valence-electron chi connectivity index (χ1n) is 12.0. The van der Waals surface area contributed by atoms with Crippen LogP contribution in [-0.4, -0.2) is 12.6 Å². The summed E-state index contributed by atoms with van der Waals surface area (Å²) in [4.78, 5) is 11.7. The van der Waals surface area contributed by atoms with Crippen molar-refractivity contribution < 1.29 is 9.53 Å². The van der Waals surface area contributed by atoms with Crippen molar-refractivity contribution in [1.82, 2.24) is 0 Å². The first-order valence-corrected chi connectivity index (χ1v) is 12.0. The first-order chi connectivity index (χ1) is 14.5. The summed E-state index contributed by atoms with van der Waals surface area (Å²) < 4.78 is 5.04. The van der Waals surface area contributed by atoms with E-state index in [2.05, 4.69) is 58.9 Å². The predicted molar refractivity (Wildman–Crippen MR) is 131 cm³/mol. The van der Waals surface area contributed by atoms with Crippen LogP contribution in [0.4, 0.5) is 0 Å². The summed E-state index contributed by atoms with van der Waals surface area (Å²) in [6.07, 6.45) is 13.1. The fourth-order valence-electron chi connectivity index (χ4n) is 5.12. The van der Waals surface area contributed by atoms with Gasteiger partial charge in [0, 0.05) is 6.08 Å². The van der Waals surface area contributed by atoms with Gasteiger partial charge in [0.25, 0.3) is 0 Å². The number of hydrogen-bond acceptors (Lipinski definition) is 2. The van der Waals surface area contributed by atoms with Crippen LogP contribution in [0.25, 0.3) is 5.57 Å². The number of carbonyl (C=O) groups is 1. The number of fused-ring (bicyclic) bond motifs is 1. The van der Waals surface area contributed by atoms with Crippen molar-refractivity contribution in [2.24, 2.45) is 0 Å². The fourth-order valence-corrected chi connectivity index (χ4v) is 5.12. The number of aryl methyl sites for hydroxylation is 1. The largest absolute Gasteiger partial charge is 0.463 e. The average molecular weight is 421 g/mol. The Morgan fingerprint density at radius 1 is 1.03 bits per heavy atom. The molecule has 0 unspecified atom stereocenters. The zero-order valence-corrected chi connectivity index (χ0v) is 20.7. The van der Waals surface area contributed by atoms with E-state index in [1.165, 1.54) is 59.1 Å². The van der Waals surface area contributed by atoms with Gasteiger partial charge in [0.1, 0.15) is 0 Å². The van der Waals surface area contributed by atoms with E-state index >= 15 is 0 Å². The van der Waals surface area contributed by atoms with Gasteiger partial charge in [0.2, 0.25) is 0 Å². The SMILES string of the molecule is CCOC(=O)C=C(C)C=CC1=C(c2cc3c(cc2C)C(C)(C)CCC3(C)C)CCCC1. The summed E-state index contributed by atoms with van der Waals surface area (Å²) in [7, 11) is 0. The lowest BCUT2D eigenvalue weighted by atomic mass is 9.62. The molecular formula is C29H40O2. The standard InChI is InChI=1S/C29H40O2/c1-8-31-27(30)17-20(2)13-14-22-11-9-10-12-23(22)24-19-26-25(18-21(24)3)28(4,5)15-16-29(26,6)7/h13-14,17-19H,8-12,15-16H2,1-7H3. The summed E-state index contributed by atoms with van der Waals surface area (Å²) in [5.41, 5.74) is 10.2. The van der Waals surface area contributed by atoms with Crippen LogP contribution < -0.4 is 0 Å². The van der Waals surface area contributed by atoms with Crippen molar-refractivity contribution in [2.75, 3.05) is 6.61 Å². The van der Waals surface area contributed by atoms with Crippen molar-refractivity contribution in [3.8, 4) is 0 Å². The minimum atomic E-state index is -0.266. The Hall–Kier alpha value is -2.09. The van der Waals surface area contributed by atoms with Crippen molar-refractivity contribution in [3.63, 3.8) is 0 Å². The van der Waals surface area contributed by atoms with Gasteiger partial charge in [-0.3, -0.25) is 0 Å². The van der Waals surface area contributed by atoms with Crippen LogP contribution >= 0.6 is 0 Å². The highest BCUT2D eigenvalue weighted by molar-refractivity contribution is 5.83. The molecule has 0 heterocycles. The lowest BCUT2D eigenvalue weighted by Gasteiger charge is -2.42. The van der Waals surface area contributed by atoms with Gasteiger partial charge >= 0.3 is 5.97 Å². The van der Waals surface area contributed by atoms with Crippen LogP contribution in [0.2, 0.25) is 0 Å². The molecule has 0 spiro atoms. The Morgan fingerprint density at radius 3 is 2.29 bits per heavy atom. The molecular weight excluding hydrogens is 380 g/mol. The minimum absolute atomic E-state index is 0.220. The Bertz CT molecular complexity index is 938. The topological polar surface area (TPSA) is 26.3 Å². The smallest absolute Gasteiger partial charge is 0.330 e. The van der Waals surface area contributed by atoms with E-state index < -0.39 is 0 Å². The molecule has 0 radical (unpaired) electrons. The Labute approximate surface area is 189 Å². The summed E-state index contributed by atoms with van der Waals surface area (Å²) in [6.45, 7) is 16.1. The van der Waals surface area contributed by atoms with E-state index in [4.69, 9.17) is 4.74 Å². The van der Waals surface area contributed by atoms with E-state index in [1.54, 1.807) is 6.08 Å². The number of carbonyl (C=O) groups excluding carboxylic acids is 1. The molecule has 2 aliphatic carbocycles. The third-order valence-corrected chi connectivity index (χ3v) is 7.21. The van der Waals surface area contributed by atoms with Crippen LogP contribution in [0, 0.1) is 6.92 Å². The number of esters is 1. The quantitative estimate of drug-likeness (QED) is 0.277. The average Bonchev–Trinajstić information content (AvgIpc) is 2.70. The number of hydrogen-bond donors (Lipinski definition) is 0. The predicted octanol–water partition coefficient (Wildman–Crippen LogP) is 7.74.